The van der Waals surface area contributed by atoms with Crippen molar-refractivity contribution in [3.8, 4) is 0 Å². The number of amides is 1. The zero-order chi connectivity index (χ0) is 21.5. The minimum Gasteiger partial charge on any atom is -0.319 e. The lowest BCUT2D eigenvalue weighted by molar-refractivity contribution is -0.122. The first-order valence-corrected chi connectivity index (χ1v) is 12.3. The lowest BCUT2D eigenvalue weighted by atomic mass is 9.98. The van der Waals surface area contributed by atoms with E-state index in [0.717, 1.165) is 15.8 Å². The molecule has 0 radical (unpaired) electrons. The van der Waals surface area contributed by atoms with Crippen LogP contribution in [0.4, 0.5) is 0 Å². The Kier molecular flexibility index (Phi) is 5.85. The van der Waals surface area contributed by atoms with E-state index in [1.54, 1.807) is 24.3 Å². The fourth-order valence-corrected chi connectivity index (χ4v) is 6.37. The Labute approximate surface area is 184 Å². The van der Waals surface area contributed by atoms with Crippen molar-refractivity contribution in [3.63, 3.8) is 0 Å². The second-order valence-electron chi connectivity index (χ2n) is 7.50. The molecule has 0 aliphatic carbocycles. The van der Waals surface area contributed by atoms with Crippen molar-refractivity contribution in [1.82, 2.24) is 8.87 Å². The summed E-state index contributed by atoms with van der Waals surface area (Å²) < 4.78 is 30.0. The molecule has 0 bridgehead atoms. The van der Waals surface area contributed by atoms with Gasteiger partial charge in [0.1, 0.15) is 0 Å². The molecular weight excluding hydrogens is 442 g/mol. The van der Waals surface area contributed by atoms with Gasteiger partial charge >= 0.3 is 0 Å². The first-order chi connectivity index (χ1) is 14.3. The molecule has 0 N–H and O–H groups in total. The number of sulfonamides is 1. The quantitative estimate of drug-likeness (QED) is 0.594. The molecule has 0 saturated carbocycles. The fourth-order valence-electron chi connectivity index (χ4n) is 3.60. The second kappa shape index (κ2) is 8.26. The van der Waals surface area contributed by atoms with Crippen molar-refractivity contribution in [3.05, 3.63) is 57.9 Å². The van der Waals surface area contributed by atoms with Gasteiger partial charge in [0.2, 0.25) is 10.0 Å². The van der Waals surface area contributed by atoms with Crippen LogP contribution >= 0.6 is 22.9 Å². The zero-order valence-electron chi connectivity index (χ0n) is 16.7. The van der Waals surface area contributed by atoms with E-state index in [0.29, 0.717) is 40.7 Å². The summed E-state index contributed by atoms with van der Waals surface area (Å²) in [5.74, 6) is -0.473. The highest BCUT2D eigenvalue weighted by molar-refractivity contribution is 7.89. The molecule has 4 rings (SSSR count). The van der Waals surface area contributed by atoms with Gasteiger partial charge < -0.3 is 4.57 Å². The molecule has 2 heterocycles. The highest BCUT2D eigenvalue weighted by Gasteiger charge is 2.32. The lowest BCUT2D eigenvalue weighted by Gasteiger charge is -2.29. The topological polar surface area (TPSA) is 71.7 Å². The van der Waals surface area contributed by atoms with Crippen molar-refractivity contribution < 1.29 is 13.2 Å². The minimum atomic E-state index is -3.54. The average molecular weight is 464 g/mol. The Bertz CT molecular complexity index is 1270. The van der Waals surface area contributed by atoms with E-state index in [1.807, 2.05) is 36.7 Å². The maximum atomic E-state index is 12.8. The van der Waals surface area contributed by atoms with Crippen LogP contribution in [-0.2, 0) is 21.9 Å². The van der Waals surface area contributed by atoms with Crippen molar-refractivity contribution in [2.45, 2.75) is 24.7 Å². The number of thiazole rings is 1. The number of halogens is 1. The van der Waals surface area contributed by atoms with Crippen LogP contribution in [-0.4, -0.2) is 36.3 Å². The van der Waals surface area contributed by atoms with E-state index in [9.17, 15) is 13.2 Å². The third kappa shape index (κ3) is 4.09. The largest absolute Gasteiger partial charge is 0.319 e. The molecule has 1 amide bonds. The van der Waals surface area contributed by atoms with Gasteiger partial charge in [0.15, 0.2) is 4.80 Å². The van der Waals surface area contributed by atoms with Crippen molar-refractivity contribution >= 4 is 49.1 Å². The molecule has 9 heteroatoms. The molecule has 6 nitrogen and oxygen atoms in total. The normalized spacial score (nSPS) is 17.0. The lowest BCUT2D eigenvalue weighted by Crippen LogP contribution is -2.40. The van der Waals surface area contributed by atoms with Crippen LogP contribution in [0, 0.1) is 12.8 Å². The molecule has 1 aliphatic heterocycles. The van der Waals surface area contributed by atoms with E-state index in [1.165, 1.54) is 15.6 Å². The number of aryl methyl sites for hydroxylation is 2. The number of aromatic nitrogens is 1. The summed E-state index contributed by atoms with van der Waals surface area (Å²) >= 11 is 7.47. The second-order valence-corrected chi connectivity index (χ2v) is 10.9. The number of benzene rings is 2. The smallest absolute Gasteiger partial charge is 0.251 e. The highest BCUT2D eigenvalue weighted by atomic mass is 35.5. The van der Waals surface area contributed by atoms with Gasteiger partial charge in [-0.15, -0.1) is 0 Å². The summed E-state index contributed by atoms with van der Waals surface area (Å²) in [7, 11) is -1.67. The summed E-state index contributed by atoms with van der Waals surface area (Å²) in [4.78, 5) is 18.0. The molecule has 2 aromatic carbocycles. The molecule has 1 aromatic heterocycles. The molecule has 1 aliphatic rings. The standard InChI is InChI=1S/C21H22ClN3O3S2/c1-14-3-6-17(7-4-14)30(27,28)25-11-9-15(10-12-25)20(26)23-21-24(2)18-8-5-16(22)13-19(18)29-21/h3-8,13,15H,9-12H2,1-2H3. The van der Waals surface area contributed by atoms with E-state index >= 15 is 0 Å². The van der Waals surface area contributed by atoms with Crippen LogP contribution in [0.3, 0.4) is 0 Å². The number of rotatable bonds is 3. The molecule has 0 atom stereocenters. The number of nitrogens with zero attached hydrogens (tertiary/aromatic N) is 3. The Hall–Kier alpha value is -2.00. The van der Waals surface area contributed by atoms with E-state index in [-0.39, 0.29) is 11.8 Å². The zero-order valence-corrected chi connectivity index (χ0v) is 19.1. The predicted molar refractivity (Wildman–Crippen MR) is 119 cm³/mol. The SMILES string of the molecule is Cc1ccc(S(=O)(=O)N2CCC(C(=O)N=c3sc4cc(Cl)ccc4n3C)CC2)cc1. The summed E-state index contributed by atoms with van der Waals surface area (Å²) in [5.41, 5.74) is 1.98. The Balaban J connectivity index is 1.49. The molecule has 3 aromatic rings. The number of carbonyl (C=O) groups is 1. The third-order valence-electron chi connectivity index (χ3n) is 5.44. The van der Waals surface area contributed by atoms with Gasteiger partial charge in [-0.1, -0.05) is 40.6 Å². The summed E-state index contributed by atoms with van der Waals surface area (Å²) in [6.45, 7) is 2.55. The van der Waals surface area contributed by atoms with Crippen LogP contribution in [0.2, 0.25) is 5.02 Å². The van der Waals surface area contributed by atoms with E-state index in [4.69, 9.17) is 11.6 Å². The third-order valence-corrected chi connectivity index (χ3v) is 8.68. The minimum absolute atomic E-state index is 0.198. The van der Waals surface area contributed by atoms with Gasteiger partial charge in [0.25, 0.3) is 5.91 Å². The average Bonchev–Trinajstić information content (AvgIpc) is 3.03. The molecule has 0 spiro atoms. The number of hydrogen-bond acceptors (Lipinski definition) is 4. The van der Waals surface area contributed by atoms with Crippen molar-refractivity contribution in [2.24, 2.45) is 18.0 Å². The monoisotopic (exact) mass is 463 g/mol. The first kappa shape index (κ1) is 21.2. The number of fused-ring (bicyclic) bond motifs is 1. The summed E-state index contributed by atoms with van der Waals surface area (Å²) in [5, 5.41) is 0.643. The summed E-state index contributed by atoms with van der Waals surface area (Å²) in [6.07, 6.45) is 0.932. The van der Waals surface area contributed by atoms with Crippen LogP contribution in [0.15, 0.2) is 52.4 Å². The van der Waals surface area contributed by atoms with E-state index in [2.05, 4.69) is 4.99 Å². The Morgan fingerprint density at radius 1 is 1.13 bits per heavy atom. The van der Waals surface area contributed by atoms with Crippen molar-refractivity contribution in [2.75, 3.05) is 13.1 Å². The highest BCUT2D eigenvalue weighted by Crippen LogP contribution is 2.25. The molecule has 0 unspecified atom stereocenters. The van der Waals surface area contributed by atoms with E-state index < -0.39 is 10.0 Å². The van der Waals surface area contributed by atoms with Gasteiger partial charge in [-0.3, -0.25) is 4.79 Å². The van der Waals surface area contributed by atoms with Crippen LogP contribution in [0.25, 0.3) is 10.2 Å². The maximum absolute atomic E-state index is 12.8. The Morgan fingerprint density at radius 2 is 1.80 bits per heavy atom. The number of piperidine rings is 1. The van der Waals surface area contributed by atoms with Gasteiger partial charge in [0.05, 0.1) is 15.1 Å². The maximum Gasteiger partial charge on any atom is 0.251 e. The predicted octanol–water partition coefficient (Wildman–Crippen LogP) is 3.73. The van der Waals surface area contributed by atoms with Crippen LogP contribution in [0.1, 0.15) is 18.4 Å². The number of hydrogen-bond donors (Lipinski definition) is 0. The van der Waals surface area contributed by atoms with Gasteiger partial charge in [0, 0.05) is 31.1 Å². The van der Waals surface area contributed by atoms with Crippen molar-refractivity contribution in [1.29, 1.82) is 0 Å². The molecule has 158 valence electrons. The van der Waals surface area contributed by atoms with Crippen LogP contribution < -0.4 is 4.80 Å². The molecule has 1 saturated heterocycles. The van der Waals surface area contributed by atoms with Gasteiger partial charge in [-0.05, 0) is 50.1 Å². The molecular formula is C21H22ClN3O3S2. The number of carbonyl (C=O) groups excluding carboxylic acids is 1. The molecule has 30 heavy (non-hydrogen) atoms. The van der Waals surface area contributed by atoms with Gasteiger partial charge in [-0.2, -0.15) is 9.30 Å². The fraction of sp³-hybridized carbons (Fsp3) is 0.333. The molecule has 1 fully saturated rings. The summed E-state index contributed by atoms with van der Waals surface area (Å²) in [6, 6.07) is 12.4. The first-order valence-electron chi connectivity index (χ1n) is 9.66. The Morgan fingerprint density at radius 3 is 2.47 bits per heavy atom. The van der Waals surface area contributed by atoms with Gasteiger partial charge in [-0.25, -0.2) is 8.42 Å². The van der Waals surface area contributed by atoms with Crippen LogP contribution in [0.5, 0.6) is 0 Å².